The van der Waals surface area contributed by atoms with Crippen LogP contribution in [0.1, 0.15) is 35.1 Å². The number of hydrogen-bond acceptors (Lipinski definition) is 6. The largest absolute Gasteiger partial charge is 0.476 e. The molecule has 5 N–H and O–H groups in total. The Kier molecular flexibility index (Phi) is 7.15. The van der Waals surface area contributed by atoms with Crippen LogP contribution >= 0.6 is 0 Å². The molecule has 0 atom stereocenters. The number of piperidine rings is 1. The van der Waals surface area contributed by atoms with Gasteiger partial charge in [0.1, 0.15) is 5.69 Å². The van der Waals surface area contributed by atoms with Crippen molar-refractivity contribution in [2.75, 3.05) is 19.7 Å². The maximum atomic E-state index is 6.11. The molecule has 0 bridgehead atoms. The van der Waals surface area contributed by atoms with Crippen molar-refractivity contribution in [1.82, 2.24) is 15.3 Å². The van der Waals surface area contributed by atoms with Gasteiger partial charge in [-0.05, 0) is 68.0 Å². The van der Waals surface area contributed by atoms with Gasteiger partial charge in [-0.25, -0.2) is 9.97 Å². The zero-order valence-corrected chi connectivity index (χ0v) is 19.0. The molecule has 0 amide bonds. The highest BCUT2D eigenvalue weighted by atomic mass is 16.5. The van der Waals surface area contributed by atoms with Gasteiger partial charge in [0, 0.05) is 24.2 Å². The molecule has 1 saturated heterocycles. The Morgan fingerprint density at radius 2 is 1.50 bits per heavy atom. The lowest BCUT2D eigenvalue weighted by atomic mass is 9.95. The van der Waals surface area contributed by atoms with Crippen molar-refractivity contribution in [1.29, 1.82) is 0 Å². The highest BCUT2D eigenvalue weighted by Crippen LogP contribution is 2.34. The third-order valence-corrected chi connectivity index (χ3v) is 6.24. The van der Waals surface area contributed by atoms with Crippen molar-refractivity contribution >= 4 is 0 Å². The predicted octanol–water partition coefficient (Wildman–Crippen LogP) is 3.72. The lowest BCUT2D eigenvalue weighted by molar-refractivity contribution is 0.208. The molecule has 3 aromatic rings. The maximum absolute atomic E-state index is 6.11. The standard InChI is InChI=1S/C26H33N5O/c1-17-11-20(13-27)3-5-22(17)25-26(23-6-4-21(14-28)12-18(23)2)31-24(15-30-25)32-16-19-7-9-29-10-8-19/h3-6,11-12,15,19,29H,7-10,13-14,16,27-28H2,1-2H3. The van der Waals surface area contributed by atoms with Crippen molar-refractivity contribution < 1.29 is 4.74 Å². The van der Waals surface area contributed by atoms with Gasteiger partial charge in [-0.2, -0.15) is 0 Å². The first kappa shape index (κ1) is 22.4. The van der Waals surface area contributed by atoms with Gasteiger partial charge in [-0.3, -0.25) is 0 Å². The van der Waals surface area contributed by atoms with Crippen LogP contribution in [0, 0.1) is 19.8 Å². The van der Waals surface area contributed by atoms with E-state index in [2.05, 4.69) is 55.6 Å². The molecule has 0 unspecified atom stereocenters. The monoisotopic (exact) mass is 431 g/mol. The fraction of sp³-hybridized carbons (Fsp3) is 0.385. The van der Waals surface area contributed by atoms with E-state index in [1.807, 2.05) is 0 Å². The van der Waals surface area contributed by atoms with E-state index >= 15 is 0 Å². The summed E-state index contributed by atoms with van der Waals surface area (Å²) < 4.78 is 6.11. The van der Waals surface area contributed by atoms with Crippen LogP contribution in [-0.4, -0.2) is 29.7 Å². The molecule has 2 aromatic carbocycles. The molecule has 0 spiro atoms. The summed E-state index contributed by atoms with van der Waals surface area (Å²) in [5.41, 5.74) is 19.9. The first-order valence-corrected chi connectivity index (χ1v) is 11.4. The molecule has 4 rings (SSSR count). The Labute approximate surface area is 190 Å². The first-order valence-electron chi connectivity index (χ1n) is 11.4. The topological polar surface area (TPSA) is 99.1 Å². The minimum atomic E-state index is 0.513. The summed E-state index contributed by atoms with van der Waals surface area (Å²) in [6.07, 6.45) is 4.01. The fourth-order valence-corrected chi connectivity index (χ4v) is 4.32. The van der Waals surface area contributed by atoms with E-state index in [0.29, 0.717) is 31.5 Å². The number of aromatic nitrogens is 2. The Morgan fingerprint density at radius 1 is 0.906 bits per heavy atom. The van der Waals surface area contributed by atoms with Gasteiger partial charge in [0.25, 0.3) is 0 Å². The SMILES string of the molecule is Cc1cc(CN)ccc1-c1ncc(OCC2CCNCC2)nc1-c1ccc(CN)cc1C. The van der Waals surface area contributed by atoms with Gasteiger partial charge in [-0.1, -0.05) is 36.4 Å². The molecule has 1 aliphatic rings. The minimum Gasteiger partial charge on any atom is -0.476 e. The maximum Gasteiger partial charge on any atom is 0.232 e. The second-order valence-electron chi connectivity index (χ2n) is 8.62. The molecule has 1 aromatic heterocycles. The highest BCUT2D eigenvalue weighted by Gasteiger charge is 2.18. The number of rotatable bonds is 7. The van der Waals surface area contributed by atoms with Gasteiger partial charge in [0.15, 0.2) is 0 Å². The number of ether oxygens (including phenoxy) is 1. The quantitative estimate of drug-likeness (QED) is 0.527. The van der Waals surface area contributed by atoms with Crippen molar-refractivity contribution in [3.63, 3.8) is 0 Å². The first-order chi connectivity index (χ1) is 15.6. The number of nitrogens with one attached hydrogen (secondary N) is 1. The molecule has 0 aliphatic carbocycles. The Bertz CT molecular complexity index is 1080. The molecule has 2 heterocycles. The molecule has 6 heteroatoms. The second-order valence-corrected chi connectivity index (χ2v) is 8.62. The summed E-state index contributed by atoms with van der Waals surface area (Å²) in [6.45, 7) is 7.98. The summed E-state index contributed by atoms with van der Waals surface area (Å²) >= 11 is 0. The molecule has 1 aliphatic heterocycles. The van der Waals surface area contributed by atoms with E-state index in [0.717, 1.165) is 70.7 Å². The summed E-state index contributed by atoms with van der Waals surface area (Å²) in [5, 5.41) is 3.40. The molecular weight excluding hydrogens is 398 g/mol. The van der Waals surface area contributed by atoms with Crippen LogP contribution in [0.4, 0.5) is 0 Å². The van der Waals surface area contributed by atoms with Crippen molar-refractivity contribution in [3.05, 3.63) is 64.8 Å². The van der Waals surface area contributed by atoms with E-state index in [1.165, 1.54) is 0 Å². The zero-order valence-electron chi connectivity index (χ0n) is 19.0. The van der Waals surface area contributed by atoms with Crippen LogP contribution in [0.5, 0.6) is 5.88 Å². The third-order valence-electron chi connectivity index (χ3n) is 6.24. The van der Waals surface area contributed by atoms with Crippen LogP contribution in [0.2, 0.25) is 0 Å². The number of aryl methyl sites for hydroxylation is 2. The highest BCUT2D eigenvalue weighted by molar-refractivity contribution is 5.81. The average Bonchev–Trinajstić information content (AvgIpc) is 2.83. The van der Waals surface area contributed by atoms with Gasteiger partial charge < -0.3 is 21.5 Å². The van der Waals surface area contributed by atoms with E-state index in [4.69, 9.17) is 26.2 Å². The Balaban J connectivity index is 1.73. The zero-order chi connectivity index (χ0) is 22.5. The second kappa shape index (κ2) is 10.2. The minimum absolute atomic E-state index is 0.513. The molecule has 0 radical (unpaired) electrons. The lowest BCUT2D eigenvalue weighted by Gasteiger charge is -2.22. The molecule has 1 fully saturated rings. The van der Waals surface area contributed by atoms with E-state index in [-0.39, 0.29) is 0 Å². The van der Waals surface area contributed by atoms with Crippen LogP contribution in [-0.2, 0) is 13.1 Å². The number of nitrogens with zero attached hydrogens (tertiary/aromatic N) is 2. The van der Waals surface area contributed by atoms with Crippen LogP contribution in [0.15, 0.2) is 42.6 Å². The summed E-state index contributed by atoms with van der Waals surface area (Å²) in [7, 11) is 0. The Hall–Kier alpha value is -2.80. The van der Waals surface area contributed by atoms with Gasteiger partial charge in [0.05, 0.1) is 18.5 Å². The summed E-state index contributed by atoms with van der Waals surface area (Å²) in [6, 6.07) is 12.5. The summed E-state index contributed by atoms with van der Waals surface area (Å²) in [4.78, 5) is 9.78. The van der Waals surface area contributed by atoms with Crippen molar-refractivity contribution in [2.45, 2.75) is 39.8 Å². The van der Waals surface area contributed by atoms with Gasteiger partial charge >= 0.3 is 0 Å². The van der Waals surface area contributed by atoms with E-state index in [1.54, 1.807) is 6.20 Å². The number of hydrogen-bond donors (Lipinski definition) is 3. The van der Waals surface area contributed by atoms with Crippen LogP contribution in [0.25, 0.3) is 22.5 Å². The summed E-state index contributed by atoms with van der Waals surface area (Å²) in [5.74, 6) is 1.12. The smallest absolute Gasteiger partial charge is 0.232 e. The van der Waals surface area contributed by atoms with Gasteiger partial charge in [-0.15, -0.1) is 0 Å². The number of benzene rings is 2. The van der Waals surface area contributed by atoms with E-state index < -0.39 is 0 Å². The normalized spacial score (nSPS) is 14.5. The average molecular weight is 432 g/mol. The fourth-order valence-electron chi connectivity index (χ4n) is 4.32. The number of nitrogens with two attached hydrogens (primary N) is 2. The molecular formula is C26H33N5O. The van der Waals surface area contributed by atoms with Crippen molar-refractivity contribution in [2.24, 2.45) is 17.4 Å². The van der Waals surface area contributed by atoms with Crippen molar-refractivity contribution in [3.8, 4) is 28.4 Å². The molecule has 0 saturated carbocycles. The molecule has 168 valence electrons. The lowest BCUT2D eigenvalue weighted by Crippen LogP contribution is -2.30. The Morgan fingerprint density at radius 3 is 2.06 bits per heavy atom. The molecule has 32 heavy (non-hydrogen) atoms. The predicted molar refractivity (Wildman–Crippen MR) is 129 cm³/mol. The van der Waals surface area contributed by atoms with Crippen LogP contribution < -0.4 is 21.5 Å². The van der Waals surface area contributed by atoms with Crippen LogP contribution in [0.3, 0.4) is 0 Å². The molecule has 6 nitrogen and oxygen atoms in total. The van der Waals surface area contributed by atoms with E-state index in [9.17, 15) is 0 Å². The van der Waals surface area contributed by atoms with Gasteiger partial charge in [0.2, 0.25) is 5.88 Å². The third kappa shape index (κ3) is 4.99.